The molecule has 3 atom stereocenters. The summed E-state index contributed by atoms with van der Waals surface area (Å²) in [5.41, 5.74) is 6.92. The monoisotopic (exact) mass is 298 g/mol. The molecule has 0 bridgehead atoms. The van der Waals surface area contributed by atoms with E-state index in [0.717, 1.165) is 12.2 Å². The van der Waals surface area contributed by atoms with Crippen LogP contribution < -0.4 is 15.8 Å². The zero-order valence-corrected chi connectivity index (χ0v) is 12.8. The first kappa shape index (κ1) is 16.8. The molecule has 4 nitrogen and oxygen atoms in total. The van der Waals surface area contributed by atoms with Crippen LogP contribution in [0.3, 0.4) is 0 Å². The van der Waals surface area contributed by atoms with Crippen molar-refractivity contribution in [2.45, 2.75) is 32.2 Å². The highest BCUT2D eigenvalue weighted by molar-refractivity contribution is 5.85. The molecule has 5 heteroatoms. The molecule has 0 aliphatic carbocycles. The predicted octanol–water partition coefficient (Wildman–Crippen LogP) is 2.07. The van der Waals surface area contributed by atoms with E-state index in [-0.39, 0.29) is 30.3 Å². The van der Waals surface area contributed by atoms with Crippen LogP contribution in [0.2, 0.25) is 0 Å². The summed E-state index contributed by atoms with van der Waals surface area (Å²) >= 11 is 0. The van der Waals surface area contributed by atoms with Crippen LogP contribution >= 0.6 is 12.4 Å². The van der Waals surface area contributed by atoms with Crippen LogP contribution in [0, 0.1) is 5.92 Å². The molecule has 2 rings (SSSR count). The van der Waals surface area contributed by atoms with Crippen LogP contribution in [0.5, 0.6) is 5.75 Å². The Morgan fingerprint density at radius 3 is 2.85 bits per heavy atom. The van der Waals surface area contributed by atoms with Gasteiger partial charge in [0.25, 0.3) is 0 Å². The molecule has 3 unspecified atom stereocenters. The molecule has 1 aromatic rings. The van der Waals surface area contributed by atoms with E-state index in [1.165, 1.54) is 5.56 Å². The molecule has 112 valence electrons. The normalized spacial score (nSPS) is 19.9. The number of fused-ring (bicyclic) bond motifs is 1. The van der Waals surface area contributed by atoms with E-state index in [4.69, 9.17) is 10.5 Å². The minimum atomic E-state index is -0.157. The van der Waals surface area contributed by atoms with Gasteiger partial charge >= 0.3 is 0 Å². The standard InChI is InChI=1S/C15H22N2O2.ClH/c1-10(11(2)16)15(18)17-9-12-7-8-19-14-6-4-3-5-13(12)14;/h3-6,10-12H,7-9,16H2,1-2H3,(H,17,18);1H. The van der Waals surface area contributed by atoms with E-state index in [0.29, 0.717) is 19.1 Å². The largest absolute Gasteiger partial charge is 0.493 e. The van der Waals surface area contributed by atoms with Gasteiger partial charge in [0.15, 0.2) is 0 Å². The van der Waals surface area contributed by atoms with Crippen molar-refractivity contribution in [1.82, 2.24) is 5.32 Å². The van der Waals surface area contributed by atoms with Gasteiger partial charge in [-0.3, -0.25) is 4.79 Å². The lowest BCUT2D eigenvalue weighted by molar-refractivity contribution is -0.125. The molecule has 1 heterocycles. The third kappa shape index (κ3) is 3.87. The molecule has 0 spiro atoms. The third-order valence-corrected chi connectivity index (χ3v) is 3.81. The Bertz CT molecular complexity index is 451. The van der Waals surface area contributed by atoms with Gasteiger partial charge in [0.05, 0.1) is 6.61 Å². The van der Waals surface area contributed by atoms with Crippen molar-refractivity contribution >= 4 is 18.3 Å². The van der Waals surface area contributed by atoms with Crippen molar-refractivity contribution in [1.29, 1.82) is 0 Å². The summed E-state index contributed by atoms with van der Waals surface area (Å²) in [6, 6.07) is 7.90. The van der Waals surface area contributed by atoms with Gasteiger partial charge in [0.1, 0.15) is 5.75 Å². The van der Waals surface area contributed by atoms with Crippen LogP contribution in [0.15, 0.2) is 24.3 Å². The van der Waals surface area contributed by atoms with Crippen molar-refractivity contribution in [3.05, 3.63) is 29.8 Å². The number of benzene rings is 1. The highest BCUT2D eigenvalue weighted by Crippen LogP contribution is 2.32. The van der Waals surface area contributed by atoms with Gasteiger partial charge in [0, 0.05) is 24.4 Å². The maximum absolute atomic E-state index is 11.9. The number of nitrogens with two attached hydrogens (primary N) is 1. The summed E-state index contributed by atoms with van der Waals surface area (Å²) in [6.07, 6.45) is 0.934. The molecular formula is C15H23ClN2O2. The molecule has 1 amide bonds. The average molecular weight is 299 g/mol. The van der Waals surface area contributed by atoms with Gasteiger partial charge in [-0.05, 0) is 25.0 Å². The number of halogens is 1. The first-order valence-corrected chi connectivity index (χ1v) is 6.84. The van der Waals surface area contributed by atoms with Gasteiger partial charge in [-0.25, -0.2) is 0 Å². The van der Waals surface area contributed by atoms with Gasteiger partial charge in [0.2, 0.25) is 5.91 Å². The zero-order chi connectivity index (χ0) is 13.8. The number of hydrogen-bond acceptors (Lipinski definition) is 3. The van der Waals surface area contributed by atoms with Gasteiger partial charge < -0.3 is 15.8 Å². The number of amides is 1. The second kappa shape index (κ2) is 7.50. The minimum Gasteiger partial charge on any atom is -0.493 e. The summed E-state index contributed by atoms with van der Waals surface area (Å²) in [5.74, 6) is 1.14. The van der Waals surface area contributed by atoms with E-state index in [1.807, 2.05) is 32.0 Å². The smallest absolute Gasteiger partial charge is 0.224 e. The summed E-state index contributed by atoms with van der Waals surface area (Å²) in [4.78, 5) is 11.9. The van der Waals surface area contributed by atoms with E-state index in [9.17, 15) is 4.79 Å². The SMILES string of the molecule is CC(N)C(C)C(=O)NCC1CCOc2ccccc21.Cl. The summed E-state index contributed by atoms with van der Waals surface area (Å²) in [5, 5.41) is 3.00. The number of carbonyl (C=O) groups excluding carboxylic acids is 1. The fraction of sp³-hybridized carbons (Fsp3) is 0.533. The van der Waals surface area contributed by atoms with Crippen molar-refractivity contribution in [2.75, 3.05) is 13.2 Å². The molecule has 0 radical (unpaired) electrons. The molecule has 3 N–H and O–H groups in total. The number of ether oxygens (including phenoxy) is 1. The maximum atomic E-state index is 11.9. The quantitative estimate of drug-likeness (QED) is 0.894. The molecule has 0 saturated carbocycles. The second-order valence-electron chi connectivity index (χ2n) is 5.26. The topological polar surface area (TPSA) is 64.4 Å². The van der Waals surface area contributed by atoms with Crippen LogP contribution in [0.25, 0.3) is 0 Å². The molecule has 1 aliphatic rings. The van der Waals surface area contributed by atoms with Gasteiger partial charge in [-0.15, -0.1) is 12.4 Å². The van der Waals surface area contributed by atoms with E-state index >= 15 is 0 Å². The predicted molar refractivity (Wildman–Crippen MR) is 82.4 cm³/mol. The summed E-state index contributed by atoms with van der Waals surface area (Å²) in [6.45, 7) is 5.07. The lowest BCUT2D eigenvalue weighted by Crippen LogP contribution is -2.40. The summed E-state index contributed by atoms with van der Waals surface area (Å²) < 4.78 is 5.61. The second-order valence-corrected chi connectivity index (χ2v) is 5.26. The fourth-order valence-electron chi connectivity index (χ4n) is 2.25. The average Bonchev–Trinajstić information content (AvgIpc) is 2.43. The Morgan fingerprint density at radius 2 is 2.15 bits per heavy atom. The molecule has 0 aromatic heterocycles. The van der Waals surface area contributed by atoms with Crippen molar-refractivity contribution < 1.29 is 9.53 Å². The fourth-order valence-corrected chi connectivity index (χ4v) is 2.25. The van der Waals surface area contributed by atoms with Crippen molar-refractivity contribution in [3.8, 4) is 5.75 Å². The highest BCUT2D eigenvalue weighted by atomic mass is 35.5. The molecule has 1 aromatic carbocycles. The minimum absolute atomic E-state index is 0. The number of nitrogens with one attached hydrogen (secondary N) is 1. The van der Waals surface area contributed by atoms with E-state index < -0.39 is 0 Å². The zero-order valence-electron chi connectivity index (χ0n) is 12.0. The van der Waals surface area contributed by atoms with E-state index in [1.54, 1.807) is 0 Å². The third-order valence-electron chi connectivity index (χ3n) is 3.81. The van der Waals surface area contributed by atoms with Crippen molar-refractivity contribution in [3.63, 3.8) is 0 Å². The van der Waals surface area contributed by atoms with E-state index in [2.05, 4.69) is 11.4 Å². The first-order valence-electron chi connectivity index (χ1n) is 6.84. The summed E-state index contributed by atoms with van der Waals surface area (Å²) in [7, 11) is 0. The Hall–Kier alpha value is -1.26. The molecule has 0 fully saturated rings. The van der Waals surface area contributed by atoms with Crippen molar-refractivity contribution in [2.24, 2.45) is 11.7 Å². The van der Waals surface area contributed by atoms with Gasteiger partial charge in [-0.2, -0.15) is 0 Å². The Balaban J connectivity index is 0.00000200. The van der Waals surface area contributed by atoms with Crippen LogP contribution in [-0.2, 0) is 4.79 Å². The van der Waals surface area contributed by atoms with Crippen LogP contribution in [0.1, 0.15) is 31.7 Å². The molecule has 1 aliphatic heterocycles. The van der Waals surface area contributed by atoms with Crippen LogP contribution in [-0.4, -0.2) is 25.1 Å². The molecular weight excluding hydrogens is 276 g/mol. The Kier molecular flexibility index (Phi) is 6.30. The maximum Gasteiger partial charge on any atom is 0.224 e. The number of para-hydroxylation sites is 1. The van der Waals surface area contributed by atoms with Gasteiger partial charge in [-0.1, -0.05) is 25.1 Å². The molecule has 20 heavy (non-hydrogen) atoms. The number of hydrogen-bond donors (Lipinski definition) is 2. The molecule has 0 saturated heterocycles. The number of rotatable bonds is 4. The first-order chi connectivity index (χ1) is 9.09. The Labute approximate surface area is 126 Å². The number of carbonyl (C=O) groups is 1. The highest BCUT2D eigenvalue weighted by Gasteiger charge is 2.23. The Morgan fingerprint density at radius 1 is 1.45 bits per heavy atom. The lowest BCUT2D eigenvalue weighted by atomic mass is 9.93. The van der Waals surface area contributed by atoms with Crippen LogP contribution in [0.4, 0.5) is 0 Å². The lowest BCUT2D eigenvalue weighted by Gasteiger charge is -2.26.